The number of benzene rings is 2. The Kier molecular flexibility index (Phi) is 7.20. The normalized spacial score (nSPS) is 15.5. The summed E-state index contributed by atoms with van der Waals surface area (Å²) in [7, 11) is 0. The Morgan fingerprint density at radius 3 is 2.58 bits per heavy atom. The first-order valence-corrected chi connectivity index (χ1v) is 11.3. The first kappa shape index (κ1) is 23.1. The second-order valence-electron chi connectivity index (χ2n) is 8.51. The number of hydrogen-bond donors (Lipinski definition) is 1. The molecule has 6 nitrogen and oxygen atoms in total. The number of morpholine rings is 1. The molecule has 1 aromatic heterocycles. The van der Waals surface area contributed by atoms with Crippen LogP contribution in [0.3, 0.4) is 0 Å². The molecule has 0 bridgehead atoms. The van der Waals surface area contributed by atoms with E-state index in [0.717, 1.165) is 35.2 Å². The lowest BCUT2D eigenvalue weighted by atomic mass is 10.0. The highest BCUT2D eigenvalue weighted by atomic mass is 19.1. The van der Waals surface area contributed by atoms with Gasteiger partial charge in [0.1, 0.15) is 11.4 Å². The zero-order chi connectivity index (χ0) is 23.4. The van der Waals surface area contributed by atoms with E-state index >= 15 is 0 Å². The van der Waals surface area contributed by atoms with Gasteiger partial charge in [-0.25, -0.2) is 9.18 Å². The fourth-order valence-corrected chi connectivity index (χ4v) is 4.36. The van der Waals surface area contributed by atoms with E-state index in [0.29, 0.717) is 37.3 Å². The molecule has 1 saturated heterocycles. The van der Waals surface area contributed by atoms with E-state index in [1.54, 1.807) is 12.1 Å². The van der Waals surface area contributed by atoms with Gasteiger partial charge in [-0.15, -0.1) is 0 Å². The van der Waals surface area contributed by atoms with Gasteiger partial charge in [0.05, 0.1) is 19.3 Å². The predicted molar refractivity (Wildman–Crippen MR) is 125 cm³/mol. The Morgan fingerprint density at radius 1 is 1.12 bits per heavy atom. The van der Waals surface area contributed by atoms with Crippen LogP contribution < -0.4 is 10.9 Å². The lowest BCUT2D eigenvalue weighted by molar-refractivity contribution is -0.121. The molecule has 174 valence electrons. The minimum Gasteiger partial charge on any atom is -0.423 e. The minimum atomic E-state index is -0.393. The van der Waals surface area contributed by atoms with Crippen LogP contribution in [-0.4, -0.2) is 43.7 Å². The smallest absolute Gasteiger partial charge is 0.339 e. The van der Waals surface area contributed by atoms with Crippen molar-refractivity contribution in [1.29, 1.82) is 0 Å². The van der Waals surface area contributed by atoms with E-state index in [2.05, 4.69) is 10.2 Å². The van der Waals surface area contributed by atoms with Gasteiger partial charge < -0.3 is 14.5 Å². The topological polar surface area (TPSA) is 71.8 Å². The van der Waals surface area contributed by atoms with Gasteiger partial charge in [-0.1, -0.05) is 24.3 Å². The maximum absolute atomic E-state index is 13.4. The Balaban J connectivity index is 1.43. The Labute approximate surface area is 192 Å². The minimum absolute atomic E-state index is 0.0748. The van der Waals surface area contributed by atoms with Crippen molar-refractivity contribution in [2.45, 2.75) is 32.7 Å². The van der Waals surface area contributed by atoms with Crippen LogP contribution in [0.15, 0.2) is 51.7 Å². The molecule has 1 amide bonds. The third-order valence-electron chi connectivity index (χ3n) is 6.28. The van der Waals surface area contributed by atoms with Crippen LogP contribution in [0.2, 0.25) is 0 Å². The van der Waals surface area contributed by atoms with E-state index in [1.807, 2.05) is 32.0 Å². The van der Waals surface area contributed by atoms with E-state index in [1.165, 1.54) is 12.1 Å². The van der Waals surface area contributed by atoms with Gasteiger partial charge in [-0.2, -0.15) is 0 Å². The van der Waals surface area contributed by atoms with Crippen LogP contribution in [0.4, 0.5) is 4.39 Å². The number of carbonyl (C=O) groups is 1. The standard InChI is InChI=1S/C26H29FN2O4/c1-17-3-8-21-18(2)22(26(31)33-24(21)15-17)9-10-25(30)28-16-23(29-11-13-32-14-12-29)19-4-6-20(27)7-5-19/h3-8,15,23H,9-14,16H2,1-2H3,(H,28,30). The van der Waals surface area contributed by atoms with Crippen molar-refractivity contribution < 1.29 is 18.3 Å². The molecule has 4 rings (SSSR count). The van der Waals surface area contributed by atoms with Gasteiger partial charge in [-0.3, -0.25) is 9.69 Å². The van der Waals surface area contributed by atoms with Crippen molar-refractivity contribution in [3.8, 4) is 0 Å². The summed E-state index contributed by atoms with van der Waals surface area (Å²) in [6.45, 7) is 6.98. The van der Waals surface area contributed by atoms with Gasteiger partial charge in [-0.05, 0) is 55.2 Å². The molecule has 1 fully saturated rings. The molecule has 1 atom stereocenters. The number of amides is 1. The molecular formula is C26H29FN2O4. The molecule has 1 aliphatic heterocycles. The van der Waals surface area contributed by atoms with Crippen LogP contribution in [0, 0.1) is 19.7 Å². The van der Waals surface area contributed by atoms with Gasteiger partial charge in [0.25, 0.3) is 0 Å². The average molecular weight is 453 g/mol. The summed E-state index contributed by atoms with van der Waals surface area (Å²) in [5.41, 5.74) is 3.53. The maximum atomic E-state index is 13.4. The number of carbonyl (C=O) groups excluding carboxylic acids is 1. The first-order chi connectivity index (χ1) is 15.9. The van der Waals surface area contributed by atoms with Crippen molar-refractivity contribution in [3.05, 3.63) is 81.0 Å². The third kappa shape index (κ3) is 5.49. The number of halogens is 1. The highest BCUT2D eigenvalue weighted by molar-refractivity contribution is 5.82. The van der Waals surface area contributed by atoms with Crippen LogP contribution >= 0.6 is 0 Å². The molecule has 0 saturated carbocycles. The summed E-state index contributed by atoms with van der Waals surface area (Å²) in [4.78, 5) is 27.4. The van der Waals surface area contributed by atoms with E-state index in [-0.39, 0.29) is 24.2 Å². The molecule has 1 unspecified atom stereocenters. The fourth-order valence-electron chi connectivity index (χ4n) is 4.36. The number of aryl methyl sites for hydroxylation is 2. The van der Waals surface area contributed by atoms with E-state index < -0.39 is 5.63 Å². The van der Waals surface area contributed by atoms with Crippen LogP contribution in [0.5, 0.6) is 0 Å². The molecule has 2 aromatic carbocycles. The number of nitrogens with zero attached hydrogens (tertiary/aromatic N) is 1. The van der Waals surface area contributed by atoms with Gasteiger partial charge in [0.2, 0.25) is 5.91 Å². The number of hydrogen-bond acceptors (Lipinski definition) is 5. The quantitative estimate of drug-likeness (QED) is 0.554. The van der Waals surface area contributed by atoms with E-state index in [4.69, 9.17) is 9.15 Å². The van der Waals surface area contributed by atoms with Crippen molar-refractivity contribution in [1.82, 2.24) is 10.2 Å². The monoisotopic (exact) mass is 452 g/mol. The van der Waals surface area contributed by atoms with Crippen molar-refractivity contribution in [3.63, 3.8) is 0 Å². The number of fused-ring (bicyclic) bond motifs is 1. The number of nitrogens with one attached hydrogen (secondary N) is 1. The lowest BCUT2D eigenvalue weighted by Crippen LogP contribution is -2.43. The first-order valence-electron chi connectivity index (χ1n) is 11.3. The summed E-state index contributed by atoms with van der Waals surface area (Å²) in [5, 5.41) is 3.89. The molecule has 7 heteroatoms. The van der Waals surface area contributed by atoms with Gasteiger partial charge in [0, 0.05) is 37.0 Å². The average Bonchev–Trinajstić information content (AvgIpc) is 2.80. The second-order valence-corrected chi connectivity index (χ2v) is 8.51. The zero-order valence-electron chi connectivity index (χ0n) is 19.0. The van der Waals surface area contributed by atoms with Crippen LogP contribution in [0.1, 0.15) is 34.7 Å². The fraction of sp³-hybridized carbons (Fsp3) is 0.385. The summed E-state index contributed by atoms with van der Waals surface area (Å²) in [6.07, 6.45) is 0.491. The summed E-state index contributed by atoms with van der Waals surface area (Å²) < 4.78 is 24.4. The van der Waals surface area contributed by atoms with Gasteiger partial charge >= 0.3 is 5.63 Å². The highest BCUT2D eigenvalue weighted by Crippen LogP contribution is 2.23. The molecule has 1 N–H and O–H groups in total. The number of ether oxygens (including phenoxy) is 1. The maximum Gasteiger partial charge on any atom is 0.339 e. The van der Waals surface area contributed by atoms with Crippen molar-refractivity contribution >= 4 is 16.9 Å². The van der Waals surface area contributed by atoms with Crippen molar-refractivity contribution in [2.75, 3.05) is 32.8 Å². The highest BCUT2D eigenvalue weighted by Gasteiger charge is 2.23. The molecule has 3 aromatic rings. The summed E-state index contributed by atoms with van der Waals surface area (Å²) >= 11 is 0. The Bertz CT molecular complexity index is 1180. The zero-order valence-corrected chi connectivity index (χ0v) is 19.0. The van der Waals surface area contributed by atoms with Gasteiger partial charge in [0.15, 0.2) is 0 Å². The van der Waals surface area contributed by atoms with Crippen LogP contribution in [0.25, 0.3) is 11.0 Å². The molecular weight excluding hydrogens is 423 g/mol. The van der Waals surface area contributed by atoms with E-state index in [9.17, 15) is 14.0 Å². The third-order valence-corrected chi connectivity index (χ3v) is 6.28. The predicted octanol–water partition coefficient (Wildman–Crippen LogP) is 3.67. The largest absolute Gasteiger partial charge is 0.423 e. The molecule has 0 spiro atoms. The Hall–Kier alpha value is -3.03. The SMILES string of the molecule is Cc1ccc2c(C)c(CCC(=O)NCC(c3ccc(F)cc3)N3CCOCC3)c(=O)oc2c1. The molecule has 1 aliphatic rings. The number of rotatable bonds is 7. The molecule has 2 heterocycles. The second kappa shape index (κ2) is 10.3. The van der Waals surface area contributed by atoms with Crippen molar-refractivity contribution in [2.24, 2.45) is 0 Å². The Morgan fingerprint density at radius 2 is 1.85 bits per heavy atom. The molecule has 0 radical (unpaired) electrons. The molecule has 0 aliphatic carbocycles. The summed E-state index contributed by atoms with van der Waals surface area (Å²) in [5.74, 6) is -0.429. The van der Waals surface area contributed by atoms with Crippen LogP contribution in [-0.2, 0) is 16.0 Å². The molecule has 33 heavy (non-hydrogen) atoms. The lowest BCUT2D eigenvalue weighted by Gasteiger charge is -2.35. The summed E-state index contributed by atoms with van der Waals surface area (Å²) in [6, 6.07) is 12.1.